The van der Waals surface area contributed by atoms with E-state index in [-0.39, 0.29) is 36.7 Å². The van der Waals surface area contributed by atoms with Crippen molar-refractivity contribution in [2.24, 2.45) is 7.05 Å². The minimum Gasteiger partial charge on any atom is -0.443 e. The van der Waals surface area contributed by atoms with E-state index in [4.69, 9.17) is 15.2 Å². The molecular weight excluding hydrogens is 703 g/mol. The van der Waals surface area contributed by atoms with Crippen LogP contribution in [0.15, 0.2) is 54.7 Å². The lowest BCUT2D eigenvalue weighted by Crippen LogP contribution is -2.44. The molecule has 2 aliphatic rings. The number of hydrogen-bond acceptors (Lipinski definition) is 9. The number of aromatic nitrogens is 3. The van der Waals surface area contributed by atoms with Crippen molar-refractivity contribution in [3.8, 4) is 23.2 Å². The molecule has 1 saturated heterocycles. The number of imide groups is 1. The van der Waals surface area contributed by atoms with Crippen LogP contribution in [0, 0.1) is 11.8 Å². The van der Waals surface area contributed by atoms with Crippen LogP contribution in [0.3, 0.4) is 0 Å². The lowest BCUT2D eigenvalue weighted by atomic mass is 10.0. The number of halogens is 3. The summed E-state index contributed by atoms with van der Waals surface area (Å²) in [7, 11) is 1.79. The highest BCUT2D eigenvalue weighted by atomic mass is 19.4. The third kappa shape index (κ3) is 8.90. The topological polar surface area (TPSA) is 145 Å². The third-order valence-corrected chi connectivity index (χ3v) is 8.90. The molecule has 0 atom stereocenters. The van der Waals surface area contributed by atoms with E-state index in [0.29, 0.717) is 66.4 Å². The molecule has 1 fully saturated rings. The fourth-order valence-corrected chi connectivity index (χ4v) is 6.34. The number of ether oxygens (including phenoxy) is 2. The number of morpholine rings is 1. The summed E-state index contributed by atoms with van der Waals surface area (Å²) in [4.78, 5) is 50.7. The molecule has 2 aromatic heterocycles. The van der Waals surface area contributed by atoms with Crippen LogP contribution in [0.4, 0.5) is 29.6 Å². The summed E-state index contributed by atoms with van der Waals surface area (Å²) in [6.07, 6.45) is -3.53. The Labute approximate surface area is 310 Å². The van der Waals surface area contributed by atoms with Gasteiger partial charge in [0.15, 0.2) is 0 Å². The van der Waals surface area contributed by atoms with Crippen molar-refractivity contribution >= 4 is 29.5 Å². The number of rotatable bonds is 6. The number of alkyl halides is 3. The molecule has 54 heavy (non-hydrogen) atoms. The number of carbonyl (C=O) groups excluding carboxylic acids is 3. The Balaban J connectivity index is 1.18. The average Bonchev–Trinajstić information content (AvgIpc) is 3.44. The number of nitrogen functional groups attached to an aromatic ring is 1. The molecule has 2 aliphatic heterocycles. The van der Waals surface area contributed by atoms with E-state index >= 15 is 0 Å². The number of fused-ring (bicyclic) bond motifs is 1. The van der Waals surface area contributed by atoms with Gasteiger partial charge in [0, 0.05) is 62.8 Å². The first-order chi connectivity index (χ1) is 25.6. The SMILES string of the molecule is Cn1c(-c2nc(N)ncc2C#Cc2cccc(CC(=O)Nc3ccc(CN4CCOCC4)c(C(F)(F)F)c3)c2)cc2c1CCN(C(=O)OC(C)(C)C)C2=O. The van der Waals surface area contributed by atoms with Gasteiger partial charge in [-0.2, -0.15) is 13.2 Å². The van der Waals surface area contributed by atoms with Gasteiger partial charge in [0.2, 0.25) is 11.9 Å². The number of nitrogens with zero attached hydrogens (tertiary/aromatic N) is 5. The van der Waals surface area contributed by atoms with Gasteiger partial charge in [0.25, 0.3) is 5.91 Å². The Bertz CT molecular complexity index is 2160. The first-order valence-electron chi connectivity index (χ1n) is 17.3. The van der Waals surface area contributed by atoms with Crippen molar-refractivity contribution in [3.05, 3.63) is 93.8 Å². The van der Waals surface area contributed by atoms with Crippen LogP contribution in [0.2, 0.25) is 0 Å². The Morgan fingerprint density at radius 1 is 1.04 bits per heavy atom. The zero-order valence-electron chi connectivity index (χ0n) is 30.3. The standard InChI is InChI=1S/C39H40F3N7O5/c1-38(2,3)54-37(52)49-13-12-31-29(35(49)51)21-32(47(31)4)34-26(22-44-36(43)46-34)9-8-24-6-5-7-25(18-24)19-33(50)45-28-11-10-27(30(20-28)39(40,41)42)23-48-14-16-53-17-15-48/h5-7,10-11,18,20-22H,12-17,19,23H2,1-4H3,(H,45,50)(H2,43,44,46). The van der Waals surface area contributed by atoms with E-state index < -0.39 is 35.2 Å². The number of benzene rings is 2. The number of amides is 3. The Hall–Kier alpha value is -5.72. The predicted molar refractivity (Wildman–Crippen MR) is 194 cm³/mol. The van der Waals surface area contributed by atoms with E-state index in [1.54, 1.807) is 58.2 Å². The quantitative estimate of drug-likeness (QED) is 0.247. The smallest absolute Gasteiger partial charge is 0.417 e. The summed E-state index contributed by atoms with van der Waals surface area (Å²) in [5, 5.41) is 2.60. The molecule has 15 heteroatoms. The van der Waals surface area contributed by atoms with Gasteiger partial charge in [-0.1, -0.05) is 30.0 Å². The summed E-state index contributed by atoms with van der Waals surface area (Å²) >= 11 is 0. The number of nitrogens with one attached hydrogen (secondary N) is 1. The lowest BCUT2D eigenvalue weighted by molar-refractivity contribution is -0.138. The maximum atomic E-state index is 14.0. The highest BCUT2D eigenvalue weighted by molar-refractivity contribution is 6.05. The average molecular weight is 744 g/mol. The summed E-state index contributed by atoms with van der Waals surface area (Å²) in [6, 6.07) is 12.4. The molecule has 0 aliphatic carbocycles. The zero-order chi connectivity index (χ0) is 38.8. The van der Waals surface area contributed by atoms with Crippen molar-refractivity contribution in [2.45, 2.75) is 51.9 Å². The molecule has 2 aromatic carbocycles. The van der Waals surface area contributed by atoms with Gasteiger partial charge < -0.3 is 25.1 Å². The van der Waals surface area contributed by atoms with Gasteiger partial charge in [-0.05, 0) is 62.2 Å². The van der Waals surface area contributed by atoms with Gasteiger partial charge in [-0.3, -0.25) is 14.5 Å². The van der Waals surface area contributed by atoms with E-state index in [0.717, 1.165) is 16.7 Å². The van der Waals surface area contributed by atoms with Gasteiger partial charge in [-0.25, -0.2) is 19.7 Å². The summed E-state index contributed by atoms with van der Waals surface area (Å²) in [5.74, 6) is 5.16. The molecular formula is C39H40F3N7O5. The second kappa shape index (κ2) is 15.3. The fourth-order valence-electron chi connectivity index (χ4n) is 6.34. The van der Waals surface area contributed by atoms with E-state index in [9.17, 15) is 27.6 Å². The van der Waals surface area contributed by atoms with Gasteiger partial charge in [0.05, 0.1) is 42.0 Å². The zero-order valence-corrected chi connectivity index (χ0v) is 30.3. The fraction of sp³-hybridized carbons (Fsp3) is 0.359. The van der Waals surface area contributed by atoms with Crippen LogP contribution in [0.5, 0.6) is 0 Å². The van der Waals surface area contributed by atoms with Crippen molar-refractivity contribution in [2.75, 3.05) is 43.9 Å². The number of carbonyl (C=O) groups is 3. The van der Waals surface area contributed by atoms with E-state index in [1.165, 1.54) is 18.3 Å². The maximum absolute atomic E-state index is 14.0. The van der Waals surface area contributed by atoms with Crippen LogP contribution >= 0.6 is 0 Å². The predicted octanol–water partition coefficient (Wildman–Crippen LogP) is 5.43. The van der Waals surface area contributed by atoms with Crippen molar-refractivity contribution < 1.29 is 37.0 Å². The van der Waals surface area contributed by atoms with Crippen LogP contribution in [0.25, 0.3) is 11.4 Å². The number of nitrogens with two attached hydrogens (primary N) is 1. The molecule has 0 bridgehead atoms. The molecule has 0 unspecified atom stereocenters. The molecule has 282 valence electrons. The summed E-state index contributed by atoms with van der Waals surface area (Å²) in [6.45, 7) is 7.50. The molecule has 4 aromatic rings. The minimum absolute atomic E-state index is 0.00136. The third-order valence-electron chi connectivity index (χ3n) is 8.90. The van der Waals surface area contributed by atoms with Crippen LogP contribution in [-0.2, 0) is 46.9 Å². The molecule has 0 saturated carbocycles. The highest BCUT2D eigenvalue weighted by Crippen LogP contribution is 2.35. The first-order valence-corrected chi connectivity index (χ1v) is 17.3. The van der Waals surface area contributed by atoms with E-state index in [1.807, 2.05) is 9.47 Å². The Kier molecular flexibility index (Phi) is 10.8. The molecule has 12 nitrogen and oxygen atoms in total. The monoisotopic (exact) mass is 743 g/mol. The molecule has 0 radical (unpaired) electrons. The molecule has 3 amide bonds. The minimum atomic E-state index is -4.59. The second-order valence-corrected chi connectivity index (χ2v) is 14.1. The first kappa shape index (κ1) is 38.0. The van der Waals surface area contributed by atoms with Crippen LogP contribution in [-0.4, -0.2) is 80.7 Å². The van der Waals surface area contributed by atoms with Gasteiger partial charge in [0.1, 0.15) is 11.3 Å². The van der Waals surface area contributed by atoms with Crippen molar-refractivity contribution in [1.82, 2.24) is 24.3 Å². The van der Waals surface area contributed by atoms with Gasteiger partial charge >= 0.3 is 12.3 Å². The molecule has 4 heterocycles. The molecule has 6 rings (SSSR count). The molecule has 3 N–H and O–H groups in total. The Morgan fingerprint density at radius 2 is 1.80 bits per heavy atom. The maximum Gasteiger partial charge on any atom is 0.417 e. The number of anilines is 2. The van der Waals surface area contributed by atoms with Crippen LogP contribution < -0.4 is 11.1 Å². The van der Waals surface area contributed by atoms with E-state index in [2.05, 4.69) is 27.1 Å². The number of hydrogen-bond donors (Lipinski definition) is 2. The Morgan fingerprint density at radius 3 is 2.52 bits per heavy atom. The lowest BCUT2D eigenvalue weighted by Gasteiger charge is -2.28. The van der Waals surface area contributed by atoms with Crippen molar-refractivity contribution in [1.29, 1.82) is 0 Å². The van der Waals surface area contributed by atoms with Crippen molar-refractivity contribution in [3.63, 3.8) is 0 Å². The largest absolute Gasteiger partial charge is 0.443 e. The van der Waals surface area contributed by atoms with Gasteiger partial charge in [-0.15, -0.1) is 0 Å². The van der Waals surface area contributed by atoms with Crippen LogP contribution in [0.1, 0.15) is 64.6 Å². The summed E-state index contributed by atoms with van der Waals surface area (Å²) in [5.41, 5.74) is 8.15. The normalized spacial score (nSPS) is 14.9. The highest BCUT2D eigenvalue weighted by Gasteiger charge is 2.36. The second-order valence-electron chi connectivity index (χ2n) is 14.1. The molecule has 0 spiro atoms. The summed E-state index contributed by atoms with van der Waals surface area (Å²) < 4.78 is 54.6.